The summed E-state index contributed by atoms with van der Waals surface area (Å²) in [5.74, 6) is 0.606. The van der Waals surface area contributed by atoms with Gasteiger partial charge in [0.25, 0.3) is 0 Å². The number of hydrogen-bond acceptors (Lipinski definition) is 13. The lowest BCUT2D eigenvalue weighted by atomic mass is 9.78. The van der Waals surface area contributed by atoms with E-state index < -0.39 is 23.7 Å². The zero-order chi connectivity index (χ0) is 43.9. The van der Waals surface area contributed by atoms with E-state index in [1.807, 2.05) is 30.5 Å². The van der Waals surface area contributed by atoms with Gasteiger partial charge < -0.3 is 34.7 Å². The Kier molecular flexibility index (Phi) is 13.3. The summed E-state index contributed by atoms with van der Waals surface area (Å²) in [6.45, 7) is 17.5. The number of halogens is 1. The number of aromatic nitrogens is 2. The van der Waals surface area contributed by atoms with Crippen LogP contribution in [0.5, 0.6) is 11.5 Å². The van der Waals surface area contributed by atoms with Crippen LogP contribution in [0, 0.1) is 29.1 Å². The number of hydrogen-bond donors (Lipinski definition) is 3. The first-order valence-electron chi connectivity index (χ1n) is 22.5. The molecule has 4 heterocycles. The van der Waals surface area contributed by atoms with E-state index in [4.69, 9.17) is 40.5 Å². The molecule has 2 aromatic heterocycles. The van der Waals surface area contributed by atoms with Crippen LogP contribution < -0.4 is 20.1 Å². The summed E-state index contributed by atoms with van der Waals surface area (Å²) in [4.78, 5) is 54.6. The predicted molar refractivity (Wildman–Crippen MR) is 239 cm³/mol. The van der Waals surface area contributed by atoms with Crippen LogP contribution in [0.25, 0.3) is 22.3 Å². The summed E-state index contributed by atoms with van der Waals surface area (Å²) in [6.07, 6.45) is 4.24. The average molecular weight is 896 g/mol. The Labute approximate surface area is 373 Å². The smallest absolute Gasteiger partial charge is 0.329 e. The maximum absolute atomic E-state index is 14.4. The number of rotatable bonds is 18. The number of aliphatic carboxylic acids is 1. The molecule has 1 unspecified atom stereocenters. The third-order valence-electron chi connectivity index (χ3n) is 13.7. The highest BCUT2D eigenvalue weighted by Gasteiger charge is 2.61. The Morgan fingerprint density at radius 3 is 2.48 bits per heavy atom. The molecular formula is C46H63ClN6O8S. The number of benzene rings is 1. The number of esters is 1. The van der Waals surface area contributed by atoms with Crippen LogP contribution >= 0.6 is 22.9 Å². The number of carbonyl (C=O) groups is 3. The molecule has 16 heteroatoms. The zero-order valence-electron chi connectivity index (χ0n) is 36.9. The topological polar surface area (TPSA) is 165 Å². The van der Waals surface area contributed by atoms with Crippen molar-refractivity contribution in [3.8, 4) is 22.9 Å². The quantitative estimate of drug-likeness (QED) is 0.111. The van der Waals surface area contributed by atoms with E-state index in [9.17, 15) is 19.5 Å². The van der Waals surface area contributed by atoms with Crippen LogP contribution in [0.1, 0.15) is 86.5 Å². The van der Waals surface area contributed by atoms with Gasteiger partial charge in [0, 0.05) is 62.0 Å². The van der Waals surface area contributed by atoms with Crippen molar-refractivity contribution in [1.82, 2.24) is 25.1 Å². The van der Waals surface area contributed by atoms with Crippen molar-refractivity contribution in [2.45, 2.75) is 116 Å². The van der Waals surface area contributed by atoms with Crippen molar-refractivity contribution >= 4 is 56.8 Å². The first kappa shape index (κ1) is 44.8. The fourth-order valence-electron chi connectivity index (χ4n) is 9.68. The van der Waals surface area contributed by atoms with Crippen molar-refractivity contribution in [3.63, 3.8) is 0 Å². The highest BCUT2D eigenvalue weighted by molar-refractivity contribution is 7.14. The summed E-state index contributed by atoms with van der Waals surface area (Å²) >= 11 is 8.63. The molecule has 8 atom stereocenters. The van der Waals surface area contributed by atoms with E-state index >= 15 is 0 Å². The molecule has 5 aliphatic rings. The first-order valence-corrected chi connectivity index (χ1v) is 23.8. The van der Waals surface area contributed by atoms with Crippen LogP contribution in [0.3, 0.4) is 0 Å². The Bertz CT molecular complexity index is 2110. The number of ether oxygens (including phenoxy) is 4. The molecule has 2 aliphatic heterocycles. The number of fused-ring (bicyclic) bond motifs is 2. The zero-order valence-corrected chi connectivity index (χ0v) is 38.5. The number of morpholine rings is 1. The Hall–Kier alpha value is -3.76. The second-order valence-electron chi connectivity index (χ2n) is 19.5. The normalized spacial score (nSPS) is 27.8. The van der Waals surface area contributed by atoms with E-state index in [2.05, 4.69) is 55.1 Å². The van der Waals surface area contributed by atoms with Crippen LogP contribution in [-0.4, -0.2) is 125 Å². The van der Waals surface area contributed by atoms with Gasteiger partial charge in [-0.25, -0.2) is 14.8 Å². The van der Waals surface area contributed by atoms with E-state index in [1.54, 1.807) is 0 Å². The van der Waals surface area contributed by atoms with Crippen molar-refractivity contribution in [1.29, 1.82) is 0 Å². The number of pyridine rings is 1. The standard InChI is InChI=1S/C46H63ClN6O8S/c1-7-29-22-46(29,43(56)57)51-42(55)36-20-32(24-53(36)23-30(45(4,5)6)19-39(54)61-31-17-27-16-28(27)18-31)60-38-21-34(35-25-62-44(50-35)48-26(2)3)49-41-33(38)8-9-37(40(41)47)59-15-12-52-10-13-58-14-11-52/h8-9,21,25-32,36H,7,10-20,22-24H2,1-6H3,(H,48,50)(H,51,55)(H,56,57)/t27-,28+,29-,30-,31+,32-,36?,46-/m1/s1. The number of carboxylic acid groups (broad SMARTS) is 1. The minimum atomic E-state index is -1.28. The molecule has 14 nitrogen and oxygen atoms in total. The lowest BCUT2D eigenvalue weighted by Crippen LogP contribution is -2.53. The molecule has 5 fully saturated rings. The van der Waals surface area contributed by atoms with Crippen LogP contribution in [0.15, 0.2) is 23.6 Å². The summed E-state index contributed by atoms with van der Waals surface area (Å²) in [7, 11) is 0. The maximum Gasteiger partial charge on any atom is 0.329 e. The van der Waals surface area contributed by atoms with Gasteiger partial charge in [-0.1, -0.05) is 45.7 Å². The minimum absolute atomic E-state index is 0.0131. The number of thiazole rings is 1. The fourth-order valence-corrected chi connectivity index (χ4v) is 10.8. The van der Waals surface area contributed by atoms with Crippen LogP contribution in [0.4, 0.5) is 5.13 Å². The van der Waals surface area contributed by atoms with Gasteiger partial charge in [-0.15, -0.1) is 11.3 Å². The Morgan fingerprint density at radius 1 is 1.05 bits per heavy atom. The third-order valence-corrected chi connectivity index (χ3v) is 14.8. The average Bonchev–Trinajstić information content (AvgIpc) is 3.91. The lowest BCUT2D eigenvalue weighted by Gasteiger charge is -2.35. The van der Waals surface area contributed by atoms with Gasteiger partial charge in [-0.05, 0) is 80.8 Å². The van der Waals surface area contributed by atoms with Crippen LogP contribution in [-0.2, 0) is 23.9 Å². The summed E-state index contributed by atoms with van der Waals surface area (Å²) in [5.41, 5.74) is 0.164. The number of nitrogens with zero attached hydrogens (tertiary/aromatic N) is 4. The molecule has 1 amide bonds. The van der Waals surface area contributed by atoms with Crippen molar-refractivity contribution in [2.75, 3.05) is 57.9 Å². The molecule has 0 spiro atoms. The summed E-state index contributed by atoms with van der Waals surface area (Å²) in [6, 6.07) is 5.13. The summed E-state index contributed by atoms with van der Waals surface area (Å²) < 4.78 is 24.7. The molecule has 338 valence electrons. The van der Waals surface area contributed by atoms with Crippen molar-refractivity contribution < 1.29 is 38.4 Å². The number of carboxylic acids is 1. The molecule has 3 aromatic rings. The van der Waals surface area contributed by atoms with Gasteiger partial charge in [0.2, 0.25) is 5.91 Å². The van der Waals surface area contributed by atoms with Gasteiger partial charge in [-0.2, -0.15) is 0 Å². The SMILES string of the molecule is CC[C@@H]1C[C@]1(NC(=O)C1C[C@@H](Oc2cc(-c3csc(NC(C)C)n3)nc3c(Cl)c(OCCN4CCOCC4)ccc23)CN1C[C@@H](CC(=O)O[C@@H]1C[C@@H]2C[C@@H]2C1)C(C)(C)C)C(=O)O. The van der Waals surface area contributed by atoms with Gasteiger partial charge in [0.1, 0.15) is 46.6 Å². The van der Waals surface area contributed by atoms with E-state index in [1.165, 1.54) is 17.8 Å². The highest BCUT2D eigenvalue weighted by atomic mass is 35.5. The molecule has 2 saturated heterocycles. The monoisotopic (exact) mass is 894 g/mol. The molecule has 3 aliphatic carbocycles. The molecule has 1 aromatic carbocycles. The number of likely N-dealkylation sites (tertiary alicyclic amines) is 1. The Balaban J connectivity index is 1.07. The Morgan fingerprint density at radius 2 is 1.81 bits per heavy atom. The molecule has 62 heavy (non-hydrogen) atoms. The van der Waals surface area contributed by atoms with Crippen molar-refractivity contribution in [2.24, 2.45) is 29.1 Å². The fraction of sp³-hybridized carbons (Fsp3) is 0.674. The molecular weight excluding hydrogens is 832 g/mol. The minimum Gasteiger partial charge on any atom is -0.491 e. The predicted octanol–water partition coefficient (Wildman–Crippen LogP) is 7.13. The summed E-state index contributed by atoms with van der Waals surface area (Å²) in [5, 5.41) is 20.4. The van der Waals surface area contributed by atoms with Gasteiger partial charge >= 0.3 is 11.9 Å². The van der Waals surface area contributed by atoms with Gasteiger partial charge in [0.05, 0.1) is 36.9 Å². The maximum atomic E-state index is 14.4. The molecule has 3 saturated carbocycles. The molecule has 3 N–H and O–H groups in total. The van der Waals surface area contributed by atoms with E-state index in [0.717, 1.165) is 37.6 Å². The number of anilines is 1. The highest BCUT2D eigenvalue weighted by Crippen LogP contribution is 2.53. The molecule has 8 rings (SSSR count). The third kappa shape index (κ3) is 10.1. The van der Waals surface area contributed by atoms with E-state index in [0.29, 0.717) is 103 Å². The second-order valence-corrected chi connectivity index (χ2v) is 20.8. The van der Waals surface area contributed by atoms with Gasteiger partial charge in [-0.3, -0.25) is 19.4 Å². The van der Waals surface area contributed by atoms with E-state index in [-0.39, 0.29) is 47.7 Å². The lowest BCUT2D eigenvalue weighted by molar-refractivity contribution is -0.151. The van der Waals surface area contributed by atoms with Crippen molar-refractivity contribution in [3.05, 3.63) is 28.6 Å². The van der Waals surface area contributed by atoms with Gasteiger partial charge in [0.15, 0.2) is 5.13 Å². The number of carbonyl (C=O) groups excluding carboxylic acids is 2. The first-order chi connectivity index (χ1) is 29.6. The molecule has 0 bridgehead atoms. The molecule has 0 radical (unpaired) electrons. The number of amides is 1. The number of nitrogens with one attached hydrogen (secondary N) is 2. The van der Waals surface area contributed by atoms with Crippen LogP contribution in [0.2, 0.25) is 5.02 Å². The largest absolute Gasteiger partial charge is 0.491 e. The second kappa shape index (κ2) is 18.4.